The van der Waals surface area contributed by atoms with Gasteiger partial charge in [0.05, 0.1) is 34.4 Å². The monoisotopic (exact) mass is 445 g/mol. The van der Waals surface area contributed by atoms with E-state index in [0.29, 0.717) is 39.5 Å². The first kappa shape index (κ1) is 20.3. The second kappa shape index (κ2) is 8.84. The van der Waals surface area contributed by atoms with Crippen molar-refractivity contribution in [3.8, 4) is 11.6 Å². The third kappa shape index (κ3) is 4.09. The number of fused-ring (bicyclic) bond motifs is 2. The van der Waals surface area contributed by atoms with Crippen molar-refractivity contribution in [2.45, 2.75) is 32.6 Å². The molecule has 160 valence electrons. The molecule has 0 radical (unpaired) electrons. The summed E-state index contributed by atoms with van der Waals surface area (Å²) in [5.74, 6) is 1.38. The lowest BCUT2D eigenvalue weighted by Gasteiger charge is -2.15. The molecule has 0 amide bonds. The fraction of sp³-hybridized carbons (Fsp3) is 0.217. The lowest BCUT2D eigenvalue weighted by molar-refractivity contribution is 0.457. The zero-order valence-electron chi connectivity index (χ0n) is 17.4. The van der Waals surface area contributed by atoms with Gasteiger partial charge in [-0.2, -0.15) is 4.98 Å². The Morgan fingerprint density at radius 2 is 1.97 bits per heavy atom. The first-order valence-electron chi connectivity index (χ1n) is 10.4. The number of aryl methyl sites for hydroxylation is 1. The predicted molar refractivity (Wildman–Crippen MR) is 123 cm³/mol. The van der Waals surface area contributed by atoms with E-state index in [0.717, 1.165) is 36.9 Å². The molecule has 0 bridgehead atoms. The summed E-state index contributed by atoms with van der Waals surface area (Å²) >= 11 is 6.83. The van der Waals surface area contributed by atoms with E-state index < -0.39 is 0 Å². The highest BCUT2D eigenvalue weighted by Crippen LogP contribution is 2.40. The van der Waals surface area contributed by atoms with Gasteiger partial charge in [0.25, 0.3) is 0 Å². The number of nitrogens with zero attached hydrogens (tertiary/aromatic N) is 6. The van der Waals surface area contributed by atoms with Gasteiger partial charge >= 0.3 is 0 Å². The van der Waals surface area contributed by atoms with Crippen LogP contribution < -0.4 is 10.1 Å². The summed E-state index contributed by atoms with van der Waals surface area (Å²) in [7, 11) is 0. The number of nitrogens with one attached hydrogen (secondary N) is 1. The second-order valence-electron chi connectivity index (χ2n) is 7.34. The van der Waals surface area contributed by atoms with Crippen LogP contribution in [-0.2, 0) is 6.42 Å². The Morgan fingerprint density at radius 1 is 1.06 bits per heavy atom. The Hall–Kier alpha value is -3.65. The molecule has 4 heterocycles. The Kier molecular flexibility index (Phi) is 5.60. The van der Waals surface area contributed by atoms with Gasteiger partial charge in [0.1, 0.15) is 11.3 Å². The van der Waals surface area contributed by atoms with Crippen LogP contribution in [0.1, 0.15) is 37.4 Å². The molecule has 4 aromatic rings. The van der Waals surface area contributed by atoms with E-state index in [-0.39, 0.29) is 0 Å². The van der Waals surface area contributed by atoms with Gasteiger partial charge in [-0.3, -0.25) is 9.97 Å². The van der Waals surface area contributed by atoms with Gasteiger partial charge < -0.3 is 10.1 Å². The predicted octanol–water partition coefficient (Wildman–Crippen LogP) is 5.44. The summed E-state index contributed by atoms with van der Waals surface area (Å²) in [5.41, 5.74) is 4.74. The van der Waals surface area contributed by atoms with Gasteiger partial charge in [0.2, 0.25) is 11.8 Å². The standard InChI is InChI=1S/C23H20ClN7O/c1-2-14-5-3-7-17-19(20(14)24)22(32-16-6-4-8-25-13-16)31-23(30-17)29-15-11-18-21(28-12-15)27-10-9-26-18/h4,6,8-13H,2-3,5,7H2,1H3,(H,29,30,31). The van der Waals surface area contributed by atoms with Gasteiger partial charge in [-0.05, 0) is 43.9 Å². The van der Waals surface area contributed by atoms with Crippen LogP contribution in [0.3, 0.4) is 0 Å². The van der Waals surface area contributed by atoms with Crippen LogP contribution in [0.4, 0.5) is 11.6 Å². The van der Waals surface area contributed by atoms with Crippen LogP contribution in [0.2, 0.25) is 0 Å². The third-order valence-corrected chi connectivity index (χ3v) is 5.69. The number of halogens is 1. The first-order chi connectivity index (χ1) is 15.7. The molecule has 0 spiro atoms. The van der Waals surface area contributed by atoms with Crippen LogP contribution in [0.25, 0.3) is 16.2 Å². The molecule has 0 saturated carbocycles. The number of rotatable bonds is 5. The summed E-state index contributed by atoms with van der Waals surface area (Å²) in [4.78, 5) is 26.4. The van der Waals surface area contributed by atoms with Crippen LogP contribution in [0.5, 0.6) is 11.6 Å². The fourth-order valence-electron chi connectivity index (χ4n) is 3.68. The number of pyridine rings is 2. The van der Waals surface area contributed by atoms with Crippen LogP contribution >= 0.6 is 11.6 Å². The van der Waals surface area contributed by atoms with Gasteiger partial charge in [-0.25, -0.2) is 15.0 Å². The Labute approximate surface area is 189 Å². The van der Waals surface area contributed by atoms with Crippen molar-refractivity contribution in [2.75, 3.05) is 5.32 Å². The minimum absolute atomic E-state index is 0.400. The quantitative estimate of drug-likeness (QED) is 0.433. The zero-order valence-corrected chi connectivity index (χ0v) is 18.2. The van der Waals surface area contributed by atoms with E-state index in [1.165, 1.54) is 5.57 Å². The van der Waals surface area contributed by atoms with E-state index in [9.17, 15) is 0 Å². The highest BCUT2D eigenvalue weighted by molar-refractivity contribution is 6.49. The summed E-state index contributed by atoms with van der Waals surface area (Å²) < 4.78 is 6.13. The Bertz CT molecular complexity index is 1310. The molecule has 0 saturated heterocycles. The van der Waals surface area contributed by atoms with Gasteiger partial charge in [0.15, 0.2) is 5.65 Å². The van der Waals surface area contributed by atoms with Crippen LogP contribution in [-0.4, -0.2) is 29.9 Å². The zero-order chi connectivity index (χ0) is 21.9. The molecule has 0 aromatic carbocycles. The molecule has 4 aromatic heterocycles. The average Bonchev–Trinajstić information content (AvgIpc) is 2.98. The molecule has 9 heteroatoms. The summed E-state index contributed by atoms with van der Waals surface area (Å²) in [5, 5.41) is 3.90. The van der Waals surface area contributed by atoms with Crippen molar-refractivity contribution >= 4 is 39.4 Å². The summed E-state index contributed by atoms with van der Waals surface area (Å²) in [6.07, 6.45) is 11.8. The molecule has 32 heavy (non-hydrogen) atoms. The molecule has 0 aliphatic heterocycles. The maximum Gasteiger partial charge on any atom is 0.233 e. The van der Waals surface area contributed by atoms with E-state index in [2.05, 4.69) is 37.2 Å². The number of hydrogen-bond acceptors (Lipinski definition) is 8. The lowest BCUT2D eigenvalue weighted by Crippen LogP contribution is -2.06. The minimum Gasteiger partial charge on any atom is -0.437 e. The number of allylic oxidation sites excluding steroid dienone is 1. The van der Waals surface area contributed by atoms with Gasteiger partial charge in [0, 0.05) is 18.6 Å². The Morgan fingerprint density at radius 3 is 2.81 bits per heavy atom. The van der Waals surface area contributed by atoms with E-state index in [1.807, 2.05) is 18.2 Å². The SMILES string of the molecule is CCC1=C(Cl)c2c(nc(Nc3cnc4nccnc4c3)nc2Oc2cccnc2)CCC1. The fourth-order valence-corrected chi connectivity index (χ4v) is 4.10. The number of anilines is 2. The van der Waals surface area contributed by atoms with Gasteiger partial charge in [-0.1, -0.05) is 24.1 Å². The number of ether oxygens (including phenoxy) is 1. The number of hydrogen-bond donors (Lipinski definition) is 1. The minimum atomic E-state index is 0.400. The van der Waals surface area contributed by atoms with Gasteiger partial charge in [-0.15, -0.1) is 0 Å². The highest BCUT2D eigenvalue weighted by atomic mass is 35.5. The van der Waals surface area contributed by atoms with E-state index in [4.69, 9.17) is 21.3 Å². The van der Waals surface area contributed by atoms with Crippen molar-refractivity contribution in [3.63, 3.8) is 0 Å². The van der Waals surface area contributed by atoms with Crippen molar-refractivity contribution in [1.29, 1.82) is 0 Å². The van der Waals surface area contributed by atoms with Crippen molar-refractivity contribution in [3.05, 3.63) is 66.0 Å². The van der Waals surface area contributed by atoms with E-state index in [1.54, 1.807) is 31.0 Å². The van der Waals surface area contributed by atoms with Crippen molar-refractivity contribution in [1.82, 2.24) is 29.9 Å². The molecule has 1 aliphatic carbocycles. The molecule has 0 unspecified atom stereocenters. The van der Waals surface area contributed by atoms with E-state index >= 15 is 0 Å². The van der Waals surface area contributed by atoms with Crippen molar-refractivity contribution in [2.24, 2.45) is 0 Å². The Balaban J connectivity index is 1.58. The smallest absolute Gasteiger partial charge is 0.233 e. The second-order valence-corrected chi connectivity index (χ2v) is 7.72. The van der Waals surface area contributed by atoms with Crippen LogP contribution in [0, 0.1) is 0 Å². The maximum absolute atomic E-state index is 6.83. The molecule has 1 aliphatic rings. The highest BCUT2D eigenvalue weighted by Gasteiger charge is 2.24. The molecule has 5 rings (SSSR count). The average molecular weight is 446 g/mol. The largest absolute Gasteiger partial charge is 0.437 e. The lowest BCUT2D eigenvalue weighted by atomic mass is 10.1. The molecular weight excluding hydrogens is 426 g/mol. The number of aromatic nitrogens is 6. The molecule has 1 N–H and O–H groups in total. The molecule has 0 atom stereocenters. The molecule has 8 nitrogen and oxygen atoms in total. The maximum atomic E-state index is 6.83. The topological polar surface area (TPSA) is 98.6 Å². The normalized spacial score (nSPS) is 13.6. The molecule has 0 fully saturated rings. The summed E-state index contributed by atoms with van der Waals surface area (Å²) in [6, 6.07) is 5.49. The summed E-state index contributed by atoms with van der Waals surface area (Å²) in [6.45, 7) is 2.11. The first-order valence-corrected chi connectivity index (χ1v) is 10.8. The molecular formula is C23H20ClN7O. The third-order valence-electron chi connectivity index (χ3n) is 5.23. The van der Waals surface area contributed by atoms with Crippen molar-refractivity contribution < 1.29 is 4.74 Å². The van der Waals surface area contributed by atoms with Crippen LogP contribution in [0.15, 0.2) is 54.8 Å².